The molecule has 0 radical (unpaired) electrons. The second kappa shape index (κ2) is 7.25. The number of carbonyl (C=O) groups is 2. The smallest absolute Gasteiger partial charge is 0.265 e. The van der Waals surface area contributed by atoms with Crippen LogP contribution in [0.1, 0.15) is 0 Å². The van der Waals surface area contributed by atoms with Gasteiger partial charge in [0.15, 0.2) is 9.84 Å². The van der Waals surface area contributed by atoms with Crippen LogP contribution < -0.4 is 9.44 Å². The fourth-order valence-electron chi connectivity index (χ4n) is 1.61. The third kappa shape index (κ3) is 4.28. The number of sulfonamides is 2. The van der Waals surface area contributed by atoms with E-state index < -0.39 is 56.9 Å². The first-order valence-electron chi connectivity index (χ1n) is 5.91. The minimum absolute atomic E-state index is 0.163. The van der Waals surface area contributed by atoms with Gasteiger partial charge in [-0.2, -0.15) is 0 Å². The normalized spacial score (nSPS) is 12.4. The standard InChI is InChI=1S/C10H12N2O9S3/c13-3-4-22(16,17)9-2-1-8(23(18,19)11-6-14)5-10(9)24(20,21)12-7-15/h1-2,5-7,13H,3-4H2,(H,11,14)(H,12,15). The average Bonchev–Trinajstić information content (AvgIpc) is 2.46. The van der Waals surface area contributed by atoms with E-state index in [4.69, 9.17) is 5.11 Å². The topological polar surface area (TPSA) is 181 Å². The fourth-order valence-corrected chi connectivity index (χ4v) is 5.15. The molecule has 14 heteroatoms. The third-order valence-corrected chi connectivity index (χ3v) is 7.10. The molecule has 2 amide bonds. The second-order valence-corrected chi connectivity index (χ2v) is 9.60. The summed E-state index contributed by atoms with van der Waals surface area (Å²) in [5.74, 6) is -0.824. The molecule has 0 aliphatic rings. The van der Waals surface area contributed by atoms with Crippen LogP contribution in [0.15, 0.2) is 32.9 Å². The summed E-state index contributed by atoms with van der Waals surface area (Å²) in [6.45, 7) is -0.810. The first-order chi connectivity index (χ1) is 11.0. The molecular formula is C10H12N2O9S3. The van der Waals surface area contributed by atoms with Gasteiger partial charge >= 0.3 is 0 Å². The number of rotatable bonds is 9. The zero-order valence-corrected chi connectivity index (χ0v) is 14.2. The van der Waals surface area contributed by atoms with Crippen LogP contribution in [-0.4, -0.2) is 55.5 Å². The molecule has 0 aliphatic heterocycles. The maximum atomic E-state index is 12.0. The first kappa shape index (κ1) is 20.0. The van der Waals surface area contributed by atoms with Crippen molar-refractivity contribution >= 4 is 42.7 Å². The molecule has 0 spiro atoms. The van der Waals surface area contributed by atoms with Crippen LogP contribution in [0, 0.1) is 0 Å². The molecule has 1 aromatic carbocycles. The zero-order chi connectivity index (χ0) is 18.6. The van der Waals surface area contributed by atoms with Gasteiger partial charge in [0, 0.05) is 0 Å². The lowest BCUT2D eigenvalue weighted by molar-refractivity contribution is -0.108. The summed E-state index contributed by atoms with van der Waals surface area (Å²) in [4.78, 5) is 18.2. The fraction of sp³-hybridized carbons (Fsp3) is 0.200. The Kier molecular flexibility index (Phi) is 6.04. The van der Waals surface area contributed by atoms with Crippen LogP contribution in [0.25, 0.3) is 0 Å². The van der Waals surface area contributed by atoms with Crippen molar-refractivity contribution in [2.75, 3.05) is 12.4 Å². The van der Waals surface area contributed by atoms with E-state index >= 15 is 0 Å². The predicted octanol–water partition coefficient (Wildman–Crippen LogP) is -2.68. The largest absolute Gasteiger partial charge is 0.395 e. The van der Waals surface area contributed by atoms with Crippen molar-refractivity contribution in [3.8, 4) is 0 Å². The van der Waals surface area contributed by atoms with E-state index in [9.17, 15) is 34.8 Å². The summed E-state index contributed by atoms with van der Waals surface area (Å²) >= 11 is 0. The summed E-state index contributed by atoms with van der Waals surface area (Å²) in [6.07, 6.45) is -0.397. The molecule has 0 bridgehead atoms. The lowest BCUT2D eigenvalue weighted by Crippen LogP contribution is -2.26. The second-order valence-electron chi connectivity index (χ2n) is 4.13. The number of hydrogen-bond acceptors (Lipinski definition) is 9. The Bertz CT molecular complexity index is 949. The first-order valence-corrected chi connectivity index (χ1v) is 10.5. The molecule has 0 fully saturated rings. The van der Waals surface area contributed by atoms with Crippen LogP contribution in [0.2, 0.25) is 0 Å². The van der Waals surface area contributed by atoms with Crippen LogP contribution in [-0.2, 0) is 39.5 Å². The molecule has 11 nitrogen and oxygen atoms in total. The van der Waals surface area contributed by atoms with Gasteiger partial charge in [0.25, 0.3) is 20.0 Å². The molecule has 0 saturated carbocycles. The molecule has 0 aromatic heterocycles. The van der Waals surface area contributed by atoms with E-state index in [2.05, 4.69) is 0 Å². The van der Waals surface area contributed by atoms with Crippen molar-refractivity contribution < 1.29 is 39.9 Å². The number of benzene rings is 1. The Hall–Kier alpha value is -2.03. The molecule has 0 atom stereocenters. The van der Waals surface area contributed by atoms with Crippen LogP contribution in [0.3, 0.4) is 0 Å². The molecule has 3 N–H and O–H groups in total. The van der Waals surface area contributed by atoms with Crippen molar-refractivity contribution in [3.05, 3.63) is 18.2 Å². The minimum atomic E-state index is -4.70. The highest BCUT2D eigenvalue weighted by atomic mass is 32.2. The Morgan fingerprint density at radius 2 is 1.42 bits per heavy atom. The summed E-state index contributed by atoms with van der Waals surface area (Å²) in [7, 11) is -13.4. The number of hydrogen-bond donors (Lipinski definition) is 3. The van der Waals surface area contributed by atoms with Gasteiger partial charge in [-0.15, -0.1) is 0 Å². The quantitative estimate of drug-likeness (QED) is 0.372. The molecule has 134 valence electrons. The molecule has 0 aliphatic carbocycles. The van der Waals surface area contributed by atoms with Crippen molar-refractivity contribution in [1.82, 2.24) is 9.44 Å². The summed E-state index contributed by atoms with van der Waals surface area (Å²) in [5, 5.41) is 8.77. The monoisotopic (exact) mass is 400 g/mol. The highest BCUT2D eigenvalue weighted by molar-refractivity contribution is 7.94. The number of carbonyl (C=O) groups excluding carboxylic acids is 2. The number of aliphatic hydroxyl groups excluding tert-OH is 1. The lowest BCUT2D eigenvalue weighted by atomic mass is 10.4. The van der Waals surface area contributed by atoms with Crippen molar-refractivity contribution in [2.24, 2.45) is 0 Å². The highest BCUT2D eigenvalue weighted by Gasteiger charge is 2.28. The summed E-state index contributed by atoms with van der Waals surface area (Å²) in [6, 6.07) is 1.92. The van der Waals surface area contributed by atoms with Crippen LogP contribution >= 0.6 is 0 Å². The van der Waals surface area contributed by atoms with E-state index in [-0.39, 0.29) is 12.8 Å². The highest BCUT2D eigenvalue weighted by Crippen LogP contribution is 2.25. The molecule has 24 heavy (non-hydrogen) atoms. The Balaban J connectivity index is 3.77. The maximum Gasteiger partial charge on any atom is 0.265 e. The van der Waals surface area contributed by atoms with Gasteiger partial charge in [0.05, 0.1) is 22.2 Å². The van der Waals surface area contributed by atoms with Crippen molar-refractivity contribution in [2.45, 2.75) is 14.7 Å². The molecule has 0 unspecified atom stereocenters. The number of aliphatic hydroxyl groups is 1. The van der Waals surface area contributed by atoms with E-state index in [1.54, 1.807) is 0 Å². The summed E-state index contributed by atoms with van der Waals surface area (Å²) < 4.78 is 74.3. The van der Waals surface area contributed by atoms with Gasteiger partial charge in [-0.25, -0.2) is 25.3 Å². The predicted molar refractivity (Wildman–Crippen MR) is 78.4 cm³/mol. The molecular weight excluding hydrogens is 388 g/mol. The maximum absolute atomic E-state index is 12.0. The lowest BCUT2D eigenvalue weighted by Gasteiger charge is -2.12. The zero-order valence-electron chi connectivity index (χ0n) is 11.7. The van der Waals surface area contributed by atoms with Crippen molar-refractivity contribution in [3.63, 3.8) is 0 Å². The van der Waals surface area contributed by atoms with Crippen molar-refractivity contribution in [1.29, 1.82) is 0 Å². The van der Waals surface area contributed by atoms with Gasteiger partial charge in [-0.1, -0.05) is 0 Å². The van der Waals surface area contributed by atoms with Gasteiger partial charge in [-0.05, 0) is 18.2 Å². The van der Waals surface area contributed by atoms with Gasteiger partial charge in [0.1, 0.15) is 4.90 Å². The van der Waals surface area contributed by atoms with E-state index in [0.717, 1.165) is 6.07 Å². The summed E-state index contributed by atoms with van der Waals surface area (Å²) in [5.41, 5.74) is 0. The van der Waals surface area contributed by atoms with E-state index in [1.807, 2.05) is 0 Å². The molecule has 0 heterocycles. The number of amides is 2. The molecule has 1 rings (SSSR count). The van der Waals surface area contributed by atoms with E-state index in [1.165, 1.54) is 9.44 Å². The minimum Gasteiger partial charge on any atom is -0.395 e. The molecule has 1 aromatic rings. The van der Waals surface area contributed by atoms with E-state index in [0.29, 0.717) is 12.1 Å². The number of nitrogens with one attached hydrogen (secondary N) is 2. The Morgan fingerprint density at radius 1 is 0.875 bits per heavy atom. The SMILES string of the molecule is O=CNS(=O)(=O)c1ccc(S(=O)(=O)CCO)c(S(=O)(=O)NC=O)c1. The van der Waals surface area contributed by atoms with Crippen LogP contribution in [0.5, 0.6) is 0 Å². The third-order valence-electron chi connectivity index (χ3n) is 2.62. The Labute approximate surface area is 137 Å². The average molecular weight is 400 g/mol. The Morgan fingerprint density at radius 3 is 1.92 bits per heavy atom. The number of sulfone groups is 1. The van der Waals surface area contributed by atoms with Gasteiger partial charge in [-0.3, -0.25) is 19.0 Å². The van der Waals surface area contributed by atoms with Crippen LogP contribution in [0.4, 0.5) is 0 Å². The molecule has 0 saturated heterocycles. The van der Waals surface area contributed by atoms with Gasteiger partial charge < -0.3 is 5.11 Å². The van der Waals surface area contributed by atoms with Gasteiger partial charge in [0.2, 0.25) is 12.8 Å².